The topological polar surface area (TPSA) is 294 Å². The number of aldehydes is 6. The molecular formula is C47H40O16. The molecule has 7 aromatic rings. The van der Waals surface area contributed by atoms with Crippen molar-refractivity contribution in [3.63, 3.8) is 0 Å². The molecule has 0 aromatic heterocycles. The number of benzene rings is 7. The SMILES string of the molecule is COc1ccc(C=O)cc1.O=Cc1c(O)cc(O)cc1O.O=Cc1ccc(O)c(O)c1.O=Cc1ccc(O)cc1.O=Cc1ccc(O)cc1O.O=Cc1ccc2cc(O)ccc2c1. The van der Waals surface area contributed by atoms with Crippen molar-refractivity contribution in [3.05, 3.63) is 167 Å². The Balaban J connectivity index is 0.000000261. The van der Waals surface area contributed by atoms with E-state index >= 15 is 0 Å². The molecule has 7 rings (SSSR count). The number of carbonyl (C=O) groups excluding carboxylic acids is 6. The van der Waals surface area contributed by atoms with E-state index in [0.29, 0.717) is 41.1 Å². The maximum absolute atomic E-state index is 10.5. The number of hydrogen-bond donors (Lipinski definition) is 9. The summed E-state index contributed by atoms with van der Waals surface area (Å²) in [5.41, 5.74) is 2.20. The minimum absolute atomic E-state index is 0.0527. The number of phenols is 9. The summed E-state index contributed by atoms with van der Waals surface area (Å²) in [6.45, 7) is 0. The molecule has 0 fully saturated rings. The average molecular weight is 861 g/mol. The molecule has 63 heavy (non-hydrogen) atoms. The molecule has 0 spiro atoms. The molecule has 324 valence electrons. The average Bonchev–Trinajstić information content (AvgIpc) is 3.28. The van der Waals surface area contributed by atoms with E-state index in [1.165, 1.54) is 42.5 Å². The summed E-state index contributed by atoms with van der Waals surface area (Å²) in [6, 6.07) is 33.0. The number of rotatable bonds is 7. The maximum atomic E-state index is 10.5. The summed E-state index contributed by atoms with van der Waals surface area (Å²) < 4.78 is 4.90. The van der Waals surface area contributed by atoms with Gasteiger partial charge in [-0.15, -0.1) is 0 Å². The molecule has 0 aliphatic rings. The van der Waals surface area contributed by atoms with Gasteiger partial charge in [-0.3, -0.25) is 28.8 Å². The van der Waals surface area contributed by atoms with Crippen LogP contribution in [0.5, 0.6) is 57.5 Å². The van der Waals surface area contributed by atoms with E-state index in [2.05, 4.69) is 0 Å². The lowest BCUT2D eigenvalue weighted by Crippen LogP contribution is -1.82. The Morgan fingerprint density at radius 2 is 0.762 bits per heavy atom. The molecule has 0 amide bonds. The Bertz CT molecular complexity index is 2580. The Kier molecular flexibility index (Phi) is 20.6. The molecule has 0 aliphatic carbocycles. The number of carbonyl (C=O) groups is 6. The number of phenolic OH excluding ortho intramolecular Hbond substituents is 9. The minimum Gasteiger partial charge on any atom is -0.508 e. The van der Waals surface area contributed by atoms with Crippen LogP contribution in [0.2, 0.25) is 0 Å². The largest absolute Gasteiger partial charge is 0.508 e. The fourth-order valence-electron chi connectivity index (χ4n) is 4.54. The molecule has 0 radical (unpaired) electrons. The van der Waals surface area contributed by atoms with Crippen molar-refractivity contribution in [1.29, 1.82) is 0 Å². The van der Waals surface area contributed by atoms with Crippen molar-refractivity contribution >= 4 is 48.5 Å². The van der Waals surface area contributed by atoms with Gasteiger partial charge in [0.05, 0.1) is 18.2 Å². The maximum Gasteiger partial charge on any atom is 0.158 e. The van der Waals surface area contributed by atoms with Gasteiger partial charge in [0.15, 0.2) is 24.1 Å². The quantitative estimate of drug-likeness (QED) is 0.0553. The first kappa shape index (κ1) is 50.0. The van der Waals surface area contributed by atoms with Crippen LogP contribution >= 0.6 is 0 Å². The van der Waals surface area contributed by atoms with E-state index in [1.807, 2.05) is 6.07 Å². The molecule has 7 aromatic carbocycles. The van der Waals surface area contributed by atoms with Gasteiger partial charge in [-0.2, -0.15) is 0 Å². The lowest BCUT2D eigenvalue weighted by atomic mass is 10.1. The first-order chi connectivity index (χ1) is 30.1. The van der Waals surface area contributed by atoms with Gasteiger partial charge in [0.2, 0.25) is 0 Å². The van der Waals surface area contributed by atoms with Crippen molar-refractivity contribution in [3.8, 4) is 57.5 Å². The molecule has 0 atom stereocenters. The highest BCUT2D eigenvalue weighted by molar-refractivity contribution is 5.89. The van der Waals surface area contributed by atoms with Crippen molar-refractivity contribution in [2.45, 2.75) is 0 Å². The molecule has 0 saturated carbocycles. The zero-order valence-corrected chi connectivity index (χ0v) is 33.0. The highest BCUT2D eigenvalue weighted by atomic mass is 16.5. The second kappa shape index (κ2) is 26.0. The fourth-order valence-corrected chi connectivity index (χ4v) is 4.54. The highest BCUT2D eigenvalue weighted by Gasteiger charge is 2.07. The van der Waals surface area contributed by atoms with Gasteiger partial charge in [-0.25, -0.2) is 0 Å². The van der Waals surface area contributed by atoms with E-state index < -0.39 is 11.5 Å². The summed E-state index contributed by atoms with van der Waals surface area (Å²) in [6.07, 6.45) is 3.78. The number of aromatic hydroxyl groups is 9. The van der Waals surface area contributed by atoms with Crippen LogP contribution in [0.3, 0.4) is 0 Å². The lowest BCUT2D eigenvalue weighted by molar-refractivity contribution is 0.111. The Labute approximate surface area is 358 Å². The van der Waals surface area contributed by atoms with Crippen molar-refractivity contribution in [1.82, 2.24) is 0 Å². The van der Waals surface area contributed by atoms with Gasteiger partial charge in [0, 0.05) is 40.5 Å². The molecule has 0 aliphatic heterocycles. The van der Waals surface area contributed by atoms with Crippen LogP contribution in [0.1, 0.15) is 62.1 Å². The zero-order chi connectivity index (χ0) is 46.9. The van der Waals surface area contributed by atoms with Gasteiger partial charge < -0.3 is 50.7 Å². The zero-order valence-electron chi connectivity index (χ0n) is 33.0. The Morgan fingerprint density at radius 3 is 1.25 bits per heavy atom. The van der Waals surface area contributed by atoms with E-state index in [9.17, 15) is 33.9 Å². The third-order valence-electron chi connectivity index (χ3n) is 7.78. The second-order valence-electron chi connectivity index (χ2n) is 12.3. The van der Waals surface area contributed by atoms with Gasteiger partial charge in [0.25, 0.3) is 0 Å². The molecule has 0 heterocycles. The third kappa shape index (κ3) is 17.3. The van der Waals surface area contributed by atoms with Crippen LogP contribution in [-0.2, 0) is 0 Å². The minimum atomic E-state index is -0.433. The smallest absolute Gasteiger partial charge is 0.158 e. The van der Waals surface area contributed by atoms with Gasteiger partial charge >= 0.3 is 0 Å². The molecule has 0 unspecified atom stereocenters. The van der Waals surface area contributed by atoms with Gasteiger partial charge in [-0.1, -0.05) is 18.2 Å². The molecule has 9 N–H and O–H groups in total. The van der Waals surface area contributed by atoms with Crippen LogP contribution < -0.4 is 4.74 Å². The van der Waals surface area contributed by atoms with Crippen LogP contribution in [0, 0.1) is 0 Å². The normalized spacial score (nSPS) is 9.35. The van der Waals surface area contributed by atoms with Crippen LogP contribution in [0.4, 0.5) is 0 Å². The van der Waals surface area contributed by atoms with Crippen molar-refractivity contribution in [2.75, 3.05) is 7.11 Å². The summed E-state index contributed by atoms with van der Waals surface area (Å²) in [7, 11) is 1.59. The second-order valence-corrected chi connectivity index (χ2v) is 12.3. The standard InChI is InChI=1S/C11H8O2.C8H8O2.C7H6O4.2C7H6O3.C7H6O2/c12-7-8-1-2-10-6-11(13)4-3-9(10)5-8;1-10-8-4-2-7(6-9)3-5-8;8-3-5-6(10)1-4(9)2-7(5)11;8-4-5-1-2-6(9)3-7(5)10;8-4-5-1-2-6(9)7(10)3-5;8-5-6-1-3-7(9)4-2-6/h1-7,13H;2-6H,1H3;1-3,9-11H;2*1-4,9-10H;1-5,9H. The molecule has 0 saturated heterocycles. The molecular weight excluding hydrogens is 821 g/mol. The van der Waals surface area contributed by atoms with Gasteiger partial charge in [0.1, 0.15) is 71.1 Å². The van der Waals surface area contributed by atoms with Crippen molar-refractivity contribution in [2.24, 2.45) is 0 Å². The fraction of sp³-hybridized carbons (Fsp3) is 0.0213. The Morgan fingerprint density at radius 1 is 0.333 bits per heavy atom. The van der Waals surface area contributed by atoms with Crippen LogP contribution in [0.15, 0.2) is 133 Å². The highest BCUT2D eigenvalue weighted by Crippen LogP contribution is 2.30. The number of hydrogen-bond acceptors (Lipinski definition) is 16. The van der Waals surface area contributed by atoms with E-state index in [1.54, 1.807) is 73.8 Å². The molecule has 16 heteroatoms. The van der Waals surface area contributed by atoms with E-state index in [4.69, 9.17) is 45.6 Å². The first-order valence-electron chi connectivity index (χ1n) is 17.8. The summed E-state index contributed by atoms with van der Waals surface area (Å²) in [4.78, 5) is 61.0. The number of fused-ring (bicyclic) bond motifs is 1. The summed E-state index contributed by atoms with van der Waals surface area (Å²) >= 11 is 0. The first-order valence-corrected chi connectivity index (χ1v) is 17.8. The number of methoxy groups -OCH3 is 1. The summed E-state index contributed by atoms with van der Waals surface area (Å²) in [5, 5.41) is 81.7. The number of ether oxygens (including phenoxy) is 1. The summed E-state index contributed by atoms with van der Waals surface area (Å²) in [5.74, 6) is -0.702. The molecule has 16 nitrogen and oxygen atoms in total. The van der Waals surface area contributed by atoms with Gasteiger partial charge in [-0.05, 0) is 108 Å². The van der Waals surface area contributed by atoms with Crippen molar-refractivity contribution < 1.29 is 79.5 Å². The van der Waals surface area contributed by atoms with E-state index in [-0.39, 0.29) is 51.4 Å². The van der Waals surface area contributed by atoms with E-state index in [0.717, 1.165) is 53.6 Å². The van der Waals surface area contributed by atoms with Crippen LogP contribution in [0.25, 0.3) is 10.8 Å². The lowest BCUT2D eigenvalue weighted by Gasteiger charge is -2.00. The monoisotopic (exact) mass is 860 g/mol. The third-order valence-corrected chi connectivity index (χ3v) is 7.78. The molecule has 0 bridgehead atoms. The Hall–Kier alpha value is -9.18. The van der Waals surface area contributed by atoms with Crippen LogP contribution in [-0.4, -0.2) is 90.8 Å². The predicted molar refractivity (Wildman–Crippen MR) is 230 cm³/mol. The predicted octanol–water partition coefficient (Wildman–Crippen LogP) is 7.51.